The van der Waals surface area contributed by atoms with Crippen molar-refractivity contribution in [2.75, 3.05) is 32.7 Å². The Labute approximate surface area is 156 Å². The molecule has 3 heterocycles. The van der Waals surface area contributed by atoms with Crippen LogP contribution in [0.5, 0.6) is 0 Å². The van der Waals surface area contributed by atoms with E-state index in [-0.39, 0.29) is 17.0 Å². The number of hydrogen-bond acceptors (Lipinski definition) is 4. The lowest BCUT2D eigenvalue weighted by molar-refractivity contribution is -0.194. The van der Waals surface area contributed by atoms with Crippen LogP contribution in [0.15, 0.2) is 18.3 Å². The first-order valence-electron chi connectivity index (χ1n) is 10.3. The van der Waals surface area contributed by atoms with E-state index < -0.39 is 0 Å². The van der Waals surface area contributed by atoms with Gasteiger partial charge in [-0.05, 0) is 51.2 Å². The van der Waals surface area contributed by atoms with Gasteiger partial charge in [-0.2, -0.15) is 0 Å². The second-order valence-electron chi connectivity index (χ2n) is 8.65. The van der Waals surface area contributed by atoms with Crippen LogP contribution in [0.1, 0.15) is 51.6 Å². The summed E-state index contributed by atoms with van der Waals surface area (Å²) in [5, 5.41) is 0. The van der Waals surface area contributed by atoms with Crippen LogP contribution in [0.3, 0.4) is 0 Å². The molecule has 0 N–H and O–H groups in total. The van der Waals surface area contributed by atoms with Crippen molar-refractivity contribution < 1.29 is 9.13 Å². The molecule has 1 saturated carbocycles. The highest BCUT2D eigenvalue weighted by molar-refractivity contribution is 5.09. The first-order valence-corrected chi connectivity index (χ1v) is 10.3. The molecule has 0 aromatic carbocycles. The third-order valence-corrected chi connectivity index (χ3v) is 6.70. The molecule has 2 aliphatic heterocycles. The summed E-state index contributed by atoms with van der Waals surface area (Å²) >= 11 is 0. The molecule has 1 aromatic heterocycles. The third-order valence-electron chi connectivity index (χ3n) is 6.70. The van der Waals surface area contributed by atoms with Crippen molar-refractivity contribution in [3.8, 4) is 0 Å². The molecule has 144 valence electrons. The Morgan fingerprint density at radius 2 is 1.88 bits per heavy atom. The van der Waals surface area contributed by atoms with E-state index in [1.54, 1.807) is 12.3 Å². The minimum Gasteiger partial charge on any atom is -0.366 e. The predicted octanol–water partition coefficient (Wildman–Crippen LogP) is 3.26. The zero-order chi connectivity index (χ0) is 18.2. The second kappa shape index (κ2) is 7.17. The average Bonchev–Trinajstić information content (AvgIpc) is 3.39. The Balaban J connectivity index is 1.34. The summed E-state index contributed by atoms with van der Waals surface area (Å²) in [5.74, 6) is -0.184. The highest BCUT2D eigenvalue weighted by atomic mass is 19.1. The van der Waals surface area contributed by atoms with Gasteiger partial charge in [0.2, 0.25) is 0 Å². The molecule has 3 aliphatic rings. The van der Waals surface area contributed by atoms with E-state index >= 15 is 0 Å². The normalized spacial score (nSPS) is 26.3. The maximum Gasteiger partial charge on any atom is 0.144 e. The van der Waals surface area contributed by atoms with Crippen molar-refractivity contribution in [1.82, 2.24) is 14.8 Å². The van der Waals surface area contributed by atoms with E-state index in [4.69, 9.17) is 4.74 Å². The number of pyridine rings is 1. The van der Waals surface area contributed by atoms with Crippen LogP contribution < -0.4 is 0 Å². The largest absolute Gasteiger partial charge is 0.366 e. The molecule has 26 heavy (non-hydrogen) atoms. The number of rotatable bonds is 5. The molecule has 4 nitrogen and oxygen atoms in total. The lowest BCUT2D eigenvalue weighted by Gasteiger charge is -2.52. The quantitative estimate of drug-likeness (QED) is 0.805. The van der Waals surface area contributed by atoms with E-state index in [1.807, 2.05) is 0 Å². The van der Waals surface area contributed by atoms with Crippen LogP contribution in [0.4, 0.5) is 4.39 Å². The van der Waals surface area contributed by atoms with Crippen LogP contribution in [0.2, 0.25) is 0 Å². The summed E-state index contributed by atoms with van der Waals surface area (Å²) in [5.41, 5.74) is 0.771. The van der Waals surface area contributed by atoms with Gasteiger partial charge in [-0.15, -0.1) is 0 Å². The maximum absolute atomic E-state index is 13.8. The Bertz CT molecular complexity index is 625. The minimum atomic E-state index is -0.184. The van der Waals surface area contributed by atoms with E-state index in [1.165, 1.54) is 25.3 Å². The Morgan fingerprint density at radius 3 is 2.50 bits per heavy atom. The summed E-state index contributed by atoms with van der Waals surface area (Å²) in [6.45, 7) is 9.79. The number of likely N-dealkylation sites (tertiary alicyclic amines) is 1. The molecule has 1 atom stereocenters. The molecule has 2 spiro atoms. The molecule has 2 saturated heterocycles. The summed E-state index contributed by atoms with van der Waals surface area (Å²) in [7, 11) is 0. The summed E-state index contributed by atoms with van der Waals surface area (Å²) in [6, 6.07) is 3.79. The van der Waals surface area contributed by atoms with Crippen LogP contribution >= 0.6 is 0 Å². The Morgan fingerprint density at radius 1 is 1.19 bits per heavy atom. The zero-order valence-electron chi connectivity index (χ0n) is 16.2. The highest BCUT2D eigenvalue weighted by Gasteiger charge is 2.56. The summed E-state index contributed by atoms with van der Waals surface area (Å²) < 4.78 is 20.5. The molecule has 1 unspecified atom stereocenters. The van der Waals surface area contributed by atoms with Crippen LogP contribution in [-0.4, -0.2) is 64.8 Å². The van der Waals surface area contributed by atoms with Crippen molar-refractivity contribution in [1.29, 1.82) is 0 Å². The molecule has 0 bridgehead atoms. The lowest BCUT2D eigenvalue weighted by atomic mass is 9.87. The summed E-state index contributed by atoms with van der Waals surface area (Å²) in [6.07, 6.45) is 8.20. The average molecular weight is 362 g/mol. The van der Waals surface area contributed by atoms with Gasteiger partial charge >= 0.3 is 0 Å². The first kappa shape index (κ1) is 18.3. The monoisotopic (exact) mass is 361 g/mol. The zero-order valence-corrected chi connectivity index (χ0v) is 16.2. The van der Waals surface area contributed by atoms with Crippen LogP contribution in [0, 0.1) is 5.82 Å². The topological polar surface area (TPSA) is 28.6 Å². The Kier molecular flexibility index (Phi) is 5.06. The van der Waals surface area contributed by atoms with Gasteiger partial charge in [-0.1, -0.05) is 6.92 Å². The van der Waals surface area contributed by atoms with Gasteiger partial charge in [0.25, 0.3) is 0 Å². The SMILES string of the molecule is CCC(C)N1CC2(CCN(CCc3ncccc3F)CC2)OC2(CC2)C1. The first-order chi connectivity index (χ1) is 12.5. The highest BCUT2D eigenvalue weighted by Crippen LogP contribution is 2.49. The molecule has 1 aromatic rings. The molecular weight excluding hydrogens is 329 g/mol. The molecule has 0 amide bonds. The standard InChI is InChI=1S/C21H32FN3O/c1-3-17(2)25-15-20(7-8-20)26-21(16-25)9-13-24(14-10-21)12-6-19-18(22)5-4-11-23-19/h4-5,11,17H,3,6-10,12-16H2,1-2H3. The van der Waals surface area contributed by atoms with Crippen molar-refractivity contribution in [2.24, 2.45) is 0 Å². The summed E-state index contributed by atoms with van der Waals surface area (Å²) in [4.78, 5) is 9.30. The van der Waals surface area contributed by atoms with E-state index in [2.05, 4.69) is 28.6 Å². The van der Waals surface area contributed by atoms with Gasteiger partial charge in [0, 0.05) is 51.4 Å². The van der Waals surface area contributed by atoms with Gasteiger partial charge in [0.05, 0.1) is 16.9 Å². The van der Waals surface area contributed by atoms with Crippen molar-refractivity contribution in [3.63, 3.8) is 0 Å². The van der Waals surface area contributed by atoms with Crippen LogP contribution in [0.25, 0.3) is 0 Å². The third kappa shape index (κ3) is 3.80. The number of ether oxygens (including phenoxy) is 1. The number of morpholine rings is 1. The fourth-order valence-electron chi connectivity index (χ4n) is 4.60. The maximum atomic E-state index is 13.8. The fraction of sp³-hybridized carbons (Fsp3) is 0.762. The van der Waals surface area contributed by atoms with Crippen molar-refractivity contribution in [3.05, 3.63) is 29.8 Å². The van der Waals surface area contributed by atoms with Gasteiger partial charge in [0.15, 0.2) is 0 Å². The van der Waals surface area contributed by atoms with Crippen molar-refractivity contribution in [2.45, 2.75) is 69.6 Å². The van der Waals surface area contributed by atoms with Gasteiger partial charge in [-0.25, -0.2) is 4.39 Å². The number of aromatic nitrogens is 1. The minimum absolute atomic E-state index is 0.0327. The van der Waals surface area contributed by atoms with E-state index in [0.717, 1.165) is 45.6 Å². The van der Waals surface area contributed by atoms with Gasteiger partial charge < -0.3 is 9.64 Å². The van der Waals surface area contributed by atoms with E-state index in [0.29, 0.717) is 18.2 Å². The molecular formula is C21H32FN3O. The number of piperidine rings is 1. The fourth-order valence-corrected chi connectivity index (χ4v) is 4.60. The van der Waals surface area contributed by atoms with Crippen LogP contribution in [-0.2, 0) is 11.2 Å². The molecule has 5 heteroatoms. The molecule has 1 aliphatic carbocycles. The molecule has 3 fully saturated rings. The van der Waals surface area contributed by atoms with Crippen molar-refractivity contribution >= 4 is 0 Å². The number of nitrogens with zero attached hydrogens (tertiary/aromatic N) is 3. The Hall–Kier alpha value is -1.04. The lowest BCUT2D eigenvalue weighted by Crippen LogP contribution is -2.62. The predicted molar refractivity (Wildman–Crippen MR) is 101 cm³/mol. The molecule has 4 rings (SSSR count). The smallest absolute Gasteiger partial charge is 0.144 e. The number of hydrogen-bond donors (Lipinski definition) is 0. The van der Waals surface area contributed by atoms with Gasteiger partial charge in [0.1, 0.15) is 5.82 Å². The van der Waals surface area contributed by atoms with E-state index in [9.17, 15) is 4.39 Å². The molecule has 0 radical (unpaired) electrons. The number of halogens is 1. The van der Waals surface area contributed by atoms with Gasteiger partial charge in [-0.3, -0.25) is 9.88 Å². The second-order valence-corrected chi connectivity index (χ2v) is 8.65.